The molecule has 0 radical (unpaired) electrons. The molecule has 0 saturated heterocycles. The summed E-state index contributed by atoms with van der Waals surface area (Å²) in [5, 5.41) is 0. The number of carbonyl (C=O) groups is 2. The predicted octanol–water partition coefficient (Wildman–Crippen LogP) is 5.02. The summed E-state index contributed by atoms with van der Waals surface area (Å²) in [5.74, 6) is 0.416. The highest BCUT2D eigenvalue weighted by atomic mass is 19.1. The molecule has 174 valence electrons. The molecule has 6 nitrogen and oxygen atoms in total. The molecule has 0 spiro atoms. The number of allylic oxidation sites excluding steroid dienone is 2. The van der Waals surface area contributed by atoms with Crippen LogP contribution >= 0.6 is 0 Å². The predicted molar refractivity (Wildman–Crippen MR) is 122 cm³/mol. The number of anilines is 1. The molecule has 4 rings (SSSR count). The Kier molecular flexibility index (Phi) is 5.91. The number of benzene rings is 2. The van der Waals surface area contributed by atoms with Crippen LogP contribution in [0.25, 0.3) is 0 Å². The van der Waals surface area contributed by atoms with Gasteiger partial charge in [-0.1, -0.05) is 13.8 Å². The number of ether oxygens (including phenoxy) is 3. The summed E-state index contributed by atoms with van der Waals surface area (Å²) in [6.45, 7) is 4.04. The molecule has 0 aromatic heterocycles. The van der Waals surface area contributed by atoms with Crippen LogP contribution in [0.3, 0.4) is 0 Å². The van der Waals surface area contributed by atoms with Crippen LogP contribution in [0.2, 0.25) is 0 Å². The second-order valence-corrected chi connectivity index (χ2v) is 9.22. The lowest BCUT2D eigenvalue weighted by atomic mass is 9.69. The van der Waals surface area contributed by atoms with Gasteiger partial charge in [-0.2, -0.15) is 0 Å². The minimum Gasteiger partial charge on any atom is -0.493 e. The topological polar surface area (TPSA) is 65.1 Å². The van der Waals surface area contributed by atoms with Gasteiger partial charge in [0.25, 0.3) is 0 Å². The molecule has 1 atom stereocenters. The maximum absolute atomic E-state index is 13.6. The van der Waals surface area contributed by atoms with E-state index in [-0.39, 0.29) is 29.3 Å². The number of amides is 1. The van der Waals surface area contributed by atoms with Gasteiger partial charge in [0.15, 0.2) is 17.3 Å². The molecule has 1 heterocycles. The minimum absolute atomic E-state index is 0.0135. The van der Waals surface area contributed by atoms with Crippen molar-refractivity contribution in [2.24, 2.45) is 5.41 Å². The molecule has 2 aliphatic rings. The smallest absolute Gasteiger partial charge is 0.232 e. The third-order valence-corrected chi connectivity index (χ3v) is 6.32. The van der Waals surface area contributed by atoms with Gasteiger partial charge >= 0.3 is 0 Å². The standard InChI is InChI=1S/C26H28FNO5/c1-26(2)13-19-24(20(29)14-26)18(12-23(30)28(19)17-8-6-16(27)7-9-17)15-10-21(31-3)25(33-5)22(11-15)32-4/h6-11,18H,12-14H2,1-5H3. The van der Waals surface area contributed by atoms with Gasteiger partial charge in [-0.15, -0.1) is 0 Å². The number of ketones is 1. The monoisotopic (exact) mass is 453 g/mol. The Bertz CT molecular complexity index is 1110. The first-order valence-electron chi connectivity index (χ1n) is 10.8. The van der Waals surface area contributed by atoms with Crippen molar-refractivity contribution in [1.82, 2.24) is 0 Å². The zero-order chi connectivity index (χ0) is 23.9. The summed E-state index contributed by atoms with van der Waals surface area (Å²) in [5.41, 5.74) is 2.30. The summed E-state index contributed by atoms with van der Waals surface area (Å²) >= 11 is 0. The number of nitrogens with zero attached hydrogens (tertiary/aromatic N) is 1. The molecule has 0 saturated carbocycles. The van der Waals surface area contributed by atoms with Crippen LogP contribution in [0.5, 0.6) is 17.2 Å². The van der Waals surface area contributed by atoms with E-state index in [0.29, 0.717) is 47.0 Å². The highest BCUT2D eigenvalue weighted by Gasteiger charge is 2.44. The molecule has 33 heavy (non-hydrogen) atoms. The summed E-state index contributed by atoms with van der Waals surface area (Å²) in [7, 11) is 4.59. The molecular formula is C26H28FNO5. The van der Waals surface area contributed by atoms with Crippen molar-refractivity contribution >= 4 is 17.4 Å². The molecule has 0 N–H and O–H groups in total. The number of hydrogen-bond acceptors (Lipinski definition) is 5. The average molecular weight is 454 g/mol. The lowest BCUT2D eigenvalue weighted by Crippen LogP contribution is -2.43. The zero-order valence-corrected chi connectivity index (χ0v) is 19.5. The number of Topliss-reactive ketones (excluding diaryl/α,β-unsaturated/α-hetero) is 1. The zero-order valence-electron chi connectivity index (χ0n) is 19.5. The summed E-state index contributed by atoms with van der Waals surface area (Å²) in [6, 6.07) is 9.39. The van der Waals surface area contributed by atoms with E-state index in [2.05, 4.69) is 0 Å². The fourth-order valence-corrected chi connectivity index (χ4v) is 4.89. The summed E-state index contributed by atoms with van der Waals surface area (Å²) in [6.07, 6.45) is 1.04. The largest absolute Gasteiger partial charge is 0.493 e. The van der Waals surface area contributed by atoms with Crippen LogP contribution < -0.4 is 19.1 Å². The Morgan fingerprint density at radius 3 is 2.09 bits per heavy atom. The average Bonchev–Trinajstić information content (AvgIpc) is 2.77. The van der Waals surface area contributed by atoms with Crippen LogP contribution in [0, 0.1) is 11.2 Å². The third-order valence-electron chi connectivity index (χ3n) is 6.32. The SMILES string of the molecule is COc1cc(C2CC(=O)N(c3ccc(F)cc3)C3=C2C(=O)CC(C)(C)C3)cc(OC)c1OC. The maximum atomic E-state index is 13.6. The van der Waals surface area contributed by atoms with Crippen LogP contribution in [0.1, 0.15) is 44.6 Å². The second kappa shape index (κ2) is 8.54. The molecule has 7 heteroatoms. The number of methoxy groups -OCH3 is 3. The molecule has 1 amide bonds. The Balaban J connectivity index is 1.91. The van der Waals surface area contributed by atoms with E-state index in [4.69, 9.17) is 14.2 Å². The minimum atomic E-state index is -0.443. The maximum Gasteiger partial charge on any atom is 0.232 e. The fourth-order valence-electron chi connectivity index (χ4n) is 4.89. The van der Waals surface area contributed by atoms with Gasteiger partial charge in [0.05, 0.1) is 21.3 Å². The first kappa shape index (κ1) is 22.8. The van der Waals surface area contributed by atoms with Crippen molar-refractivity contribution in [3.63, 3.8) is 0 Å². The first-order valence-corrected chi connectivity index (χ1v) is 10.8. The third kappa shape index (κ3) is 4.08. The molecule has 2 aromatic rings. The lowest BCUT2D eigenvalue weighted by molar-refractivity contribution is -0.121. The molecule has 1 aliphatic heterocycles. The summed E-state index contributed by atoms with van der Waals surface area (Å²) < 4.78 is 30.0. The van der Waals surface area contributed by atoms with E-state index < -0.39 is 5.92 Å². The molecule has 1 unspecified atom stereocenters. The van der Waals surface area contributed by atoms with Gasteiger partial charge in [0, 0.05) is 35.7 Å². The summed E-state index contributed by atoms with van der Waals surface area (Å²) in [4.78, 5) is 28.5. The normalized spacial score (nSPS) is 19.9. The Morgan fingerprint density at radius 1 is 0.939 bits per heavy atom. The van der Waals surface area contributed by atoms with Gasteiger partial charge in [0.2, 0.25) is 11.7 Å². The van der Waals surface area contributed by atoms with E-state index in [0.717, 1.165) is 5.56 Å². The van der Waals surface area contributed by atoms with Crippen molar-refractivity contribution in [3.05, 3.63) is 59.0 Å². The van der Waals surface area contributed by atoms with Gasteiger partial charge < -0.3 is 14.2 Å². The highest BCUT2D eigenvalue weighted by Crippen LogP contribution is 2.50. The lowest BCUT2D eigenvalue weighted by Gasteiger charge is -2.43. The molecule has 0 fully saturated rings. The number of rotatable bonds is 5. The fraction of sp³-hybridized carbons (Fsp3) is 0.385. The Hall–Kier alpha value is -3.35. The van der Waals surface area contributed by atoms with Gasteiger partial charge in [-0.3, -0.25) is 14.5 Å². The number of carbonyl (C=O) groups excluding carboxylic acids is 2. The van der Waals surface area contributed by atoms with E-state index in [1.807, 2.05) is 13.8 Å². The van der Waals surface area contributed by atoms with Crippen LogP contribution in [0.4, 0.5) is 10.1 Å². The molecule has 2 aromatic carbocycles. The van der Waals surface area contributed by atoms with Crippen molar-refractivity contribution in [1.29, 1.82) is 0 Å². The van der Waals surface area contributed by atoms with Crippen LogP contribution in [-0.4, -0.2) is 33.0 Å². The van der Waals surface area contributed by atoms with E-state index in [9.17, 15) is 14.0 Å². The van der Waals surface area contributed by atoms with E-state index >= 15 is 0 Å². The first-order chi connectivity index (χ1) is 15.7. The van der Waals surface area contributed by atoms with Gasteiger partial charge in [-0.05, 0) is 53.8 Å². The van der Waals surface area contributed by atoms with E-state index in [1.54, 1.807) is 29.2 Å². The van der Waals surface area contributed by atoms with Crippen molar-refractivity contribution in [3.8, 4) is 17.2 Å². The highest BCUT2D eigenvalue weighted by molar-refractivity contribution is 6.07. The molecular weight excluding hydrogens is 425 g/mol. The van der Waals surface area contributed by atoms with Crippen molar-refractivity contribution in [2.75, 3.05) is 26.2 Å². The quantitative estimate of drug-likeness (QED) is 0.636. The van der Waals surface area contributed by atoms with Crippen molar-refractivity contribution in [2.45, 2.75) is 39.0 Å². The van der Waals surface area contributed by atoms with Gasteiger partial charge in [-0.25, -0.2) is 4.39 Å². The molecule has 0 bridgehead atoms. The van der Waals surface area contributed by atoms with Crippen molar-refractivity contribution < 1.29 is 28.2 Å². The number of hydrogen-bond donors (Lipinski definition) is 0. The Morgan fingerprint density at radius 2 is 1.55 bits per heavy atom. The van der Waals surface area contributed by atoms with Crippen LogP contribution in [0.15, 0.2) is 47.7 Å². The number of halogens is 1. The van der Waals surface area contributed by atoms with E-state index in [1.165, 1.54) is 33.5 Å². The molecule has 1 aliphatic carbocycles. The van der Waals surface area contributed by atoms with Gasteiger partial charge in [0.1, 0.15) is 5.82 Å². The van der Waals surface area contributed by atoms with Crippen LogP contribution in [-0.2, 0) is 9.59 Å². The Labute approximate surface area is 192 Å². The second-order valence-electron chi connectivity index (χ2n) is 9.22.